The fourth-order valence-corrected chi connectivity index (χ4v) is 4.99. The number of carbonyl (C=O) groups is 3. The molecule has 10 nitrogen and oxygen atoms in total. The number of allylic oxidation sites excluding steroid dienone is 4. The van der Waals surface area contributed by atoms with Crippen molar-refractivity contribution >= 4 is 34.1 Å². The number of methoxy groups -OCH3 is 1. The Hall–Kier alpha value is -4.44. The van der Waals surface area contributed by atoms with Gasteiger partial charge >= 0.3 is 0 Å². The molecule has 3 aromatic rings. The Bertz CT molecular complexity index is 1610. The number of imidazole rings is 1. The second kappa shape index (κ2) is 8.31. The number of hydrogen-bond acceptors (Lipinski definition) is 9. The van der Waals surface area contributed by atoms with Crippen molar-refractivity contribution in [2.24, 2.45) is 0 Å². The van der Waals surface area contributed by atoms with Crippen LogP contribution < -0.4 is 10.1 Å². The number of fused-ring (bicyclic) bond motifs is 4. The van der Waals surface area contributed by atoms with Gasteiger partial charge < -0.3 is 30.0 Å². The van der Waals surface area contributed by atoms with E-state index >= 15 is 0 Å². The SMILES string of the molecule is COCc1nc2ccc(N/C(C)=C3\C(=O)C=C4Oc5c(C(C)=O)c(O)c(C)c(O)c5[C@@]4(C)C3=O)cc2[nH]1. The fourth-order valence-electron chi connectivity index (χ4n) is 4.99. The molecule has 190 valence electrons. The molecule has 0 radical (unpaired) electrons. The third kappa shape index (κ3) is 3.44. The number of carbonyl (C=O) groups excluding carboxylic acids is 3. The lowest BCUT2D eigenvalue weighted by Gasteiger charge is -2.29. The van der Waals surface area contributed by atoms with E-state index in [0.717, 1.165) is 11.0 Å². The minimum Gasteiger partial charge on any atom is -0.507 e. The molecule has 5 rings (SSSR count). The van der Waals surface area contributed by atoms with Crippen LogP contribution in [0.5, 0.6) is 17.2 Å². The van der Waals surface area contributed by atoms with E-state index < -0.39 is 28.5 Å². The van der Waals surface area contributed by atoms with E-state index in [1.54, 1.807) is 32.2 Å². The summed E-state index contributed by atoms with van der Waals surface area (Å²) in [6.45, 7) is 6.15. The molecule has 1 aromatic heterocycles. The van der Waals surface area contributed by atoms with Gasteiger partial charge in [0.1, 0.15) is 46.4 Å². The van der Waals surface area contributed by atoms with Crippen LogP contribution in [0, 0.1) is 6.92 Å². The highest BCUT2D eigenvalue weighted by Crippen LogP contribution is 2.57. The number of nitrogens with zero attached hydrogens (tertiary/aromatic N) is 1. The molecule has 0 fully saturated rings. The summed E-state index contributed by atoms with van der Waals surface area (Å²) >= 11 is 0. The van der Waals surface area contributed by atoms with Crippen molar-refractivity contribution in [2.75, 3.05) is 12.4 Å². The Balaban J connectivity index is 1.60. The van der Waals surface area contributed by atoms with E-state index in [0.29, 0.717) is 23.8 Å². The van der Waals surface area contributed by atoms with Gasteiger partial charge in [-0.15, -0.1) is 0 Å². The maximum Gasteiger partial charge on any atom is 0.194 e. The Morgan fingerprint density at radius 3 is 2.62 bits per heavy atom. The van der Waals surface area contributed by atoms with Gasteiger partial charge in [0.25, 0.3) is 0 Å². The lowest BCUT2D eigenvalue weighted by Crippen LogP contribution is -2.40. The first-order valence-electron chi connectivity index (χ1n) is 11.5. The van der Waals surface area contributed by atoms with Crippen molar-refractivity contribution < 1.29 is 34.1 Å². The molecule has 2 aliphatic rings. The highest BCUT2D eigenvalue weighted by molar-refractivity contribution is 6.31. The van der Waals surface area contributed by atoms with Gasteiger partial charge in [-0.05, 0) is 45.9 Å². The molecule has 0 spiro atoms. The number of aromatic amines is 1. The fraction of sp³-hybridized carbons (Fsp3) is 0.259. The van der Waals surface area contributed by atoms with Gasteiger partial charge in [0.2, 0.25) is 0 Å². The summed E-state index contributed by atoms with van der Waals surface area (Å²) in [5.74, 6) is -1.94. The Morgan fingerprint density at radius 1 is 1.22 bits per heavy atom. The van der Waals surface area contributed by atoms with Crippen LogP contribution in [0.1, 0.15) is 48.1 Å². The summed E-state index contributed by atoms with van der Waals surface area (Å²) in [6.07, 6.45) is 1.19. The van der Waals surface area contributed by atoms with Crippen LogP contribution in [0.15, 0.2) is 41.3 Å². The molecule has 0 unspecified atom stereocenters. The highest BCUT2D eigenvalue weighted by atomic mass is 16.5. The van der Waals surface area contributed by atoms with E-state index in [2.05, 4.69) is 15.3 Å². The smallest absolute Gasteiger partial charge is 0.194 e. The van der Waals surface area contributed by atoms with Crippen LogP contribution in [0.4, 0.5) is 5.69 Å². The minimum atomic E-state index is -1.57. The number of nitrogens with one attached hydrogen (secondary N) is 2. The van der Waals surface area contributed by atoms with Gasteiger partial charge in [-0.2, -0.15) is 0 Å². The Morgan fingerprint density at radius 2 is 1.95 bits per heavy atom. The summed E-state index contributed by atoms with van der Waals surface area (Å²) in [7, 11) is 1.58. The molecule has 4 N–H and O–H groups in total. The average Bonchev–Trinajstić information content (AvgIpc) is 3.36. The molecule has 2 heterocycles. The van der Waals surface area contributed by atoms with Gasteiger partial charge in [-0.1, -0.05) is 0 Å². The molecule has 2 aromatic carbocycles. The minimum absolute atomic E-state index is 0.0126. The summed E-state index contributed by atoms with van der Waals surface area (Å²) in [4.78, 5) is 46.9. The van der Waals surface area contributed by atoms with Crippen LogP contribution in [0.2, 0.25) is 0 Å². The first-order valence-corrected chi connectivity index (χ1v) is 11.5. The summed E-state index contributed by atoms with van der Waals surface area (Å²) in [5.41, 5.74) is 0.672. The van der Waals surface area contributed by atoms with Crippen LogP contribution in [-0.2, 0) is 26.3 Å². The number of phenols is 2. The summed E-state index contributed by atoms with van der Waals surface area (Å²) in [6, 6.07) is 5.37. The van der Waals surface area contributed by atoms with Crippen molar-refractivity contribution in [3.8, 4) is 17.2 Å². The van der Waals surface area contributed by atoms with Crippen molar-refractivity contribution in [3.05, 3.63) is 63.8 Å². The predicted octanol–water partition coefficient (Wildman–Crippen LogP) is 3.70. The molecule has 37 heavy (non-hydrogen) atoms. The van der Waals surface area contributed by atoms with Gasteiger partial charge in [-0.25, -0.2) is 4.98 Å². The number of phenolic OH excluding ortho intramolecular Hbond substituents is 2. The number of rotatable bonds is 5. The lowest BCUT2D eigenvalue weighted by molar-refractivity contribution is -0.123. The first-order chi connectivity index (χ1) is 17.5. The van der Waals surface area contributed by atoms with Crippen LogP contribution in [0.3, 0.4) is 0 Å². The number of ketones is 3. The lowest BCUT2D eigenvalue weighted by atomic mass is 9.70. The zero-order valence-corrected chi connectivity index (χ0v) is 20.9. The van der Waals surface area contributed by atoms with Crippen molar-refractivity contribution in [1.29, 1.82) is 0 Å². The van der Waals surface area contributed by atoms with Gasteiger partial charge in [-0.3, -0.25) is 14.4 Å². The molecular formula is C27H25N3O7. The van der Waals surface area contributed by atoms with Gasteiger partial charge in [0.05, 0.1) is 22.2 Å². The summed E-state index contributed by atoms with van der Waals surface area (Å²) < 4.78 is 10.9. The second-order valence-corrected chi connectivity index (χ2v) is 9.36. The molecule has 1 atom stereocenters. The highest BCUT2D eigenvalue weighted by Gasteiger charge is 2.56. The predicted molar refractivity (Wildman–Crippen MR) is 134 cm³/mol. The Labute approximate surface area is 211 Å². The standard InChI is InChI=1S/C27H25N3O7/c1-11-23(33)21(13(3)31)25-22(24(11)34)27(4)18(37-25)9-17(32)20(26(27)35)12(2)28-14-6-7-15-16(8-14)30-19(29-15)10-36-5/h6-9,28,33-34H,10H2,1-5H3,(H,29,30)/b20-12+/t27-/m0/s1. The number of aromatic hydroxyl groups is 2. The van der Waals surface area contributed by atoms with Crippen LogP contribution >= 0.6 is 0 Å². The first kappa shape index (κ1) is 24.3. The molecule has 10 heteroatoms. The third-order valence-corrected chi connectivity index (χ3v) is 6.90. The second-order valence-electron chi connectivity index (χ2n) is 9.36. The van der Waals surface area contributed by atoms with E-state index in [1.165, 1.54) is 26.8 Å². The average molecular weight is 504 g/mol. The molecule has 1 aliphatic heterocycles. The van der Waals surface area contributed by atoms with E-state index in [1.807, 2.05) is 0 Å². The van der Waals surface area contributed by atoms with Crippen molar-refractivity contribution in [1.82, 2.24) is 9.97 Å². The van der Waals surface area contributed by atoms with Crippen molar-refractivity contribution in [3.63, 3.8) is 0 Å². The van der Waals surface area contributed by atoms with E-state index in [-0.39, 0.29) is 39.5 Å². The zero-order chi connectivity index (χ0) is 26.8. The van der Waals surface area contributed by atoms with Crippen LogP contribution in [-0.4, -0.2) is 44.6 Å². The third-order valence-electron chi connectivity index (χ3n) is 6.90. The number of H-pyrrole nitrogens is 1. The number of aromatic nitrogens is 2. The molecule has 0 saturated carbocycles. The van der Waals surface area contributed by atoms with Crippen LogP contribution in [0.25, 0.3) is 11.0 Å². The molecule has 1 aliphatic carbocycles. The van der Waals surface area contributed by atoms with Gasteiger partial charge in [0.15, 0.2) is 17.3 Å². The largest absolute Gasteiger partial charge is 0.507 e. The maximum atomic E-state index is 13.9. The maximum absolute atomic E-state index is 13.9. The number of hydrogen-bond donors (Lipinski definition) is 4. The monoisotopic (exact) mass is 503 g/mol. The zero-order valence-electron chi connectivity index (χ0n) is 20.9. The summed E-state index contributed by atoms with van der Waals surface area (Å²) in [5, 5.41) is 24.5. The number of anilines is 1. The normalized spacial score (nSPS) is 19.9. The van der Waals surface area contributed by atoms with E-state index in [9.17, 15) is 24.6 Å². The molecular weight excluding hydrogens is 478 g/mol. The number of Topliss-reactive ketones (excluding diaryl/α,β-unsaturated/α-hetero) is 2. The van der Waals surface area contributed by atoms with Crippen molar-refractivity contribution in [2.45, 2.75) is 39.7 Å². The van der Waals surface area contributed by atoms with Gasteiger partial charge in [0, 0.05) is 30.1 Å². The number of benzene rings is 2. The Kier molecular flexibility index (Phi) is 5.45. The molecule has 0 bridgehead atoms. The number of ether oxygens (including phenoxy) is 2. The molecule has 0 amide bonds. The quantitative estimate of drug-likeness (QED) is 0.232. The van der Waals surface area contributed by atoms with E-state index in [4.69, 9.17) is 9.47 Å². The topological polar surface area (TPSA) is 151 Å². The molecule has 0 saturated heterocycles.